The lowest BCUT2D eigenvalue weighted by molar-refractivity contribution is -0.143. The van der Waals surface area contributed by atoms with Gasteiger partial charge in [-0.1, -0.05) is 70.9 Å². The molecule has 2 nitrogen and oxygen atoms in total. The average molecular weight is 311 g/mol. The van der Waals surface area contributed by atoms with Gasteiger partial charge in [-0.3, -0.25) is 4.79 Å². The summed E-state index contributed by atoms with van der Waals surface area (Å²) >= 11 is 0. The smallest absolute Gasteiger partial charge is 0.305 e. The summed E-state index contributed by atoms with van der Waals surface area (Å²) in [6.45, 7) is 6.82. The molecule has 0 aliphatic rings. The maximum Gasteiger partial charge on any atom is 0.305 e. The zero-order chi connectivity index (χ0) is 16.5. The summed E-state index contributed by atoms with van der Waals surface area (Å²) in [4.78, 5) is 11.3. The first-order valence-electron chi connectivity index (χ1n) is 9.51. The molecule has 0 aliphatic heterocycles. The van der Waals surface area contributed by atoms with Crippen LogP contribution in [0.5, 0.6) is 0 Å². The van der Waals surface area contributed by atoms with Crippen molar-refractivity contribution < 1.29 is 9.53 Å². The number of ether oxygens (including phenoxy) is 1. The second-order valence-electron chi connectivity index (χ2n) is 6.42. The lowest BCUT2D eigenvalue weighted by Crippen LogP contribution is -2.06. The van der Waals surface area contributed by atoms with Gasteiger partial charge in [0.05, 0.1) is 6.61 Å². The molecule has 0 heterocycles. The fraction of sp³-hybridized carbons (Fsp3) is 0.850. The van der Waals surface area contributed by atoms with Crippen molar-refractivity contribution in [3.8, 4) is 0 Å². The Bertz CT molecular complexity index is 271. The molecule has 0 fully saturated rings. The van der Waals surface area contributed by atoms with E-state index in [1.807, 2.05) is 6.92 Å². The predicted molar refractivity (Wildman–Crippen MR) is 96.0 cm³/mol. The standard InChI is InChI=1S/C20H38O2/c1-4-6-7-8-9-10-11-12-13-14-15-16-19(3)17-18-20(21)22-5-2/h14-15,19H,4-13,16-18H2,1-3H3/b15-14-/t19-/m0/s1. The van der Waals surface area contributed by atoms with Crippen molar-refractivity contribution in [1.82, 2.24) is 0 Å². The number of carbonyl (C=O) groups is 1. The fourth-order valence-corrected chi connectivity index (χ4v) is 2.56. The third-order valence-corrected chi connectivity index (χ3v) is 4.08. The maximum atomic E-state index is 11.3. The Kier molecular flexibility index (Phi) is 16.0. The Morgan fingerprint density at radius 3 is 2.23 bits per heavy atom. The minimum atomic E-state index is -0.0581. The van der Waals surface area contributed by atoms with Gasteiger partial charge >= 0.3 is 5.97 Å². The van der Waals surface area contributed by atoms with E-state index < -0.39 is 0 Å². The first-order valence-corrected chi connectivity index (χ1v) is 9.51. The highest BCUT2D eigenvalue weighted by Crippen LogP contribution is 2.13. The van der Waals surface area contributed by atoms with Crippen LogP contribution < -0.4 is 0 Å². The van der Waals surface area contributed by atoms with Gasteiger partial charge in [0.1, 0.15) is 0 Å². The van der Waals surface area contributed by atoms with Gasteiger partial charge in [-0.2, -0.15) is 0 Å². The lowest BCUT2D eigenvalue weighted by Gasteiger charge is -2.07. The molecule has 0 radical (unpaired) electrons. The SMILES string of the molecule is CCCCCCCCCC/C=C\C[C@H](C)CCC(=O)OCC. The average Bonchev–Trinajstić information content (AvgIpc) is 2.51. The summed E-state index contributed by atoms with van der Waals surface area (Å²) in [5.74, 6) is 0.511. The number of allylic oxidation sites excluding steroid dienone is 2. The third-order valence-electron chi connectivity index (χ3n) is 4.08. The number of rotatable bonds is 15. The highest BCUT2D eigenvalue weighted by Gasteiger charge is 2.05. The van der Waals surface area contributed by atoms with E-state index in [9.17, 15) is 4.79 Å². The van der Waals surface area contributed by atoms with E-state index in [-0.39, 0.29) is 5.97 Å². The summed E-state index contributed by atoms with van der Waals surface area (Å²) < 4.78 is 4.95. The number of unbranched alkanes of at least 4 members (excludes halogenated alkanes) is 8. The van der Waals surface area contributed by atoms with Crippen molar-refractivity contribution in [2.45, 2.75) is 97.8 Å². The zero-order valence-corrected chi connectivity index (χ0v) is 15.2. The van der Waals surface area contributed by atoms with Gasteiger partial charge in [-0.05, 0) is 38.5 Å². The van der Waals surface area contributed by atoms with Crippen molar-refractivity contribution in [1.29, 1.82) is 0 Å². The van der Waals surface area contributed by atoms with Crippen LogP contribution in [-0.2, 0) is 9.53 Å². The van der Waals surface area contributed by atoms with E-state index in [4.69, 9.17) is 4.74 Å². The Labute approximate surface area is 138 Å². The molecule has 0 saturated carbocycles. The zero-order valence-electron chi connectivity index (χ0n) is 15.2. The molecule has 0 aliphatic carbocycles. The van der Waals surface area contributed by atoms with Crippen molar-refractivity contribution in [3.05, 3.63) is 12.2 Å². The quantitative estimate of drug-likeness (QED) is 0.197. The van der Waals surface area contributed by atoms with Crippen LogP contribution in [0.3, 0.4) is 0 Å². The molecule has 2 heteroatoms. The van der Waals surface area contributed by atoms with Gasteiger partial charge in [0.15, 0.2) is 0 Å². The fourth-order valence-electron chi connectivity index (χ4n) is 2.56. The van der Waals surface area contributed by atoms with E-state index in [1.54, 1.807) is 0 Å². The molecule has 0 unspecified atom stereocenters. The van der Waals surface area contributed by atoms with Crippen LogP contribution in [0.15, 0.2) is 12.2 Å². The van der Waals surface area contributed by atoms with Crippen LogP contribution in [0.2, 0.25) is 0 Å². The van der Waals surface area contributed by atoms with E-state index in [1.165, 1.54) is 57.8 Å². The van der Waals surface area contributed by atoms with Gasteiger partial charge in [-0.25, -0.2) is 0 Å². The van der Waals surface area contributed by atoms with Crippen molar-refractivity contribution in [3.63, 3.8) is 0 Å². The number of carbonyl (C=O) groups excluding carboxylic acids is 1. The Hall–Kier alpha value is -0.790. The highest BCUT2D eigenvalue weighted by atomic mass is 16.5. The molecular formula is C20H38O2. The summed E-state index contributed by atoms with van der Waals surface area (Å²) in [5.41, 5.74) is 0. The van der Waals surface area contributed by atoms with E-state index in [2.05, 4.69) is 26.0 Å². The van der Waals surface area contributed by atoms with E-state index >= 15 is 0 Å². The predicted octanol–water partition coefficient (Wildman–Crippen LogP) is 6.44. The van der Waals surface area contributed by atoms with Crippen LogP contribution in [0.1, 0.15) is 97.8 Å². The van der Waals surface area contributed by atoms with Crippen LogP contribution in [0, 0.1) is 5.92 Å². The Balaban J connectivity index is 3.33. The third kappa shape index (κ3) is 15.6. The molecule has 1 atom stereocenters. The summed E-state index contributed by atoms with van der Waals surface area (Å²) in [6.07, 6.45) is 19.5. The molecule has 0 spiro atoms. The van der Waals surface area contributed by atoms with Crippen molar-refractivity contribution >= 4 is 5.97 Å². The summed E-state index contributed by atoms with van der Waals surface area (Å²) in [7, 11) is 0. The van der Waals surface area contributed by atoms with Crippen LogP contribution in [-0.4, -0.2) is 12.6 Å². The normalized spacial score (nSPS) is 12.7. The minimum Gasteiger partial charge on any atom is -0.466 e. The Morgan fingerprint density at radius 2 is 1.59 bits per heavy atom. The number of hydrogen-bond acceptors (Lipinski definition) is 2. The summed E-state index contributed by atoms with van der Waals surface area (Å²) in [6, 6.07) is 0. The second kappa shape index (κ2) is 16.6. The van der Waals surface area contributed by atoms with Crippen LogP contribution in [0.4, 0.5) is 0 Å². The van der Waals surface area contributed by atoms with Crippen molar-refractivity contribution in [2.24, 2.45) is 5.92 Å². The minimum absolute atomic E-state index is 0.0581. The number of esters is 1. The first kappa shape index (κ1) is 21.2. The molecule has 0 aromatic carbocycles. The lowest BCUT2D eigenvalue weighted by atomic mass is 10.0. The maximum absolute atomic E-state index is 11.3. The molecule has 130 valence electrons. The van der Waals surface area contributed by atoms with Gasteiger partial charge in [0.2, 0.25) is 0 Å². The van der Waals surface area contributed by atoms with Gasteiger partial charge < -0.3 is 4.74 Å². The molecule has 0 amide bonds. The molecule has 0 saturated heterocycles. The largest absolute Gasteiger partial charge is 0.466 e. The summed E-state index contributed by atoms with van der Waals surface area (Å²) in [5, 5.41) is 0. The van der Waals surface area contributed by atoms with Gasteiger partial charge in [-0.15, -0.1) is 0 Å². The topological polar surface area (TPSA) is 26.3 Å². The first-order chi connectivity index (χ1) is 10.7. The Morgan fingerprint density at radius 1 is 0.955 bits per heavy atom. The molecule has 0 aromatic rings. The van der Waals surface area contributed by atoms with Gasteiger partial charge in [0.25, 0.3) is 0 Å². The van der Waals surface area contributed by atoms with E-state index in [0.717, 1.165) is 12.8 Å². The van der Waals surface area contributed by atoms with E-state index in [0.29, 0.717) is 18.9 Å². The molecule has 0 N–H and O–H groups in total. The molecule has 22 heavy (non-hydrogen) atoms. The molecule has 0 aromatic heterocycles. The monoisotopic (exact) mass is 310 g/mol. The van der Waals surface area contributed by atoms with Gasteiger partial charge in [0, 0.05) is 6.42 Å². The molecule has 0 bridgehead atoms. The second-order valence-corrected chi connectivity index (χ2v) is 6.42. The molecule has 0 rings (SSSR count). The van der Waals surface area contributed by atoms with Crippen LogP contribution >= 0.6 is 0 Å². The van der Waals surface area contributed by atoms with Crippen molar-refractivity contribution in [2.75, 3.05) is 6.61 Å². The number of hydrogen-bond donors (Lipinski definition) is 0. The molecular weight excluding hydrogens is 272 g/mol. The highest BCUT2D eigenvalue weighted by molar-refractivity contribution is 5.69. The van der Waals surface area contributed by atoms with Crippen LogP contribution in [0.25, 0.3) is 0 Å².